The molecule has 1 aliphatic heterocycles. The molecule has 2 heterocycles. The van der Waals surface area contributed by atoms with Gasteiger partial charge in [-0.3, -0.25) is 4.90 Å². The molecular formula is C18H25N3O3. The summed E-state index contributed by atoms with van der Waals surface area (Å²) < 4.78 is 10.8. The monoisotopic (exact) mass is 331 g/mol. The number of nitrogens with zero attached hydrogens (tertiary/aromatic N) is 3. The van der Waals surface area contributed by atoms with Crippen molar-refractivity contribution in [3.05, 3.63) is 35.7 Å². The summed E-state index contributed by atoms with van der Waals surface area (Å²) in [5.41, 5.74) is 1.97. The molecule has 0 amide bonds. The largest absolute Gasteiger partial charge is 0.394 e. The van der Waals surface area contributed by atoms with Crippen LogP contribution in [-0.2, 0) is 17.7 Å². The van der Waals surface area contributed by atoms with E-state index in [1.807, 2.05) is 19.2 Å². The first kappa shape index (κ1) is 17.1. The number of rotatable bonds is 6. The molecule has 130 valence electrons. The van der Waals surface area contributed by atoms with E-state index in [-0.39, 0.29) is 12.1 Å². The van der Waals surface area contributed by atoms with Crippen LogP contribution in [0.1, 0.15) is 31.2 Å². The first-order valence-corrected chi connectivity index (χ1v) is 8.48. The SMILES string of the molecule is CCc1ccc(-c2noc(CN(C)C3(CO)CCOCC3)n2)cc1. The fourth-order valence-electron chi connectivity index (χ4n) is 3.11. The van der Waals surface area contributed by atoms with Gasteiger partial charge in [0.2, 0.25) is 11.7 Å². The Labute approximate surface area is 142 Å². The maximum Gasteiger partial charge on any atom is 0.241 e. The minimum atomic E-state index is -0.268. The molecule has 1 aromatic carbocycles. The molecule has 0 spiro atoms. The van der Waals surface area contributed by atoms with Crippen LogP contribution in [0.5, 0.6) is 0 Å². The molecular weight excluding hydrogens is 306 g/mol. The van der Waals surface area contributed by atoms with Gasteiger partial charge in [0.25, 0.3) is 0 Å². The van der Waals surface area contributed by atoms with Gasteiger partial charge in [0.1, 0.15) is 0 Å². The van der Waals surface area contributed by atoms with Gasteiger partial charge in [0.05, 0.1) is 13.2 Å². The summed E-state index contributed by atoms with van der Waals surface area (Å²) in [4.78, 5) is 6.61. The number of likely N-dealkylation sites (N-methyl/N-ethyl adjacent to an activating group) is 1. The third-order valence-corrected chi connectivity index (χ3v) is 4.99. The predicted molar refractivity (Wildman–Crippen MR) is 90.4 cm³/mol. The van der Waals surface area contributed by atoms with Crippen LogP contribution in [0.4, 0.5) is 0 Å². The van der Waals surface area contributed by atoms with Crippen LogP contribution in [0.2, 0.25) is 0 Å². The van der Waals surface area contributed by atoms with Gasteiger partial charge in [0.15, 0.2) is 0 Å². The molecule has 0 unspecified atom stereocenters. The van der Waals surface area contributed by atoms with Crippen LogP contribution in [0, 0.1) is 0 Å². The molecule has 0 saturated carbocycles. The van der Waals surface area contributed by atoms with Gasteiger partial charge in [-0.05, 0) is 31.9 Å². The zero-order chi connectivity index (χ0) is 17.0. The summed E-state index contributed by atoms with van der Waals surface area (Å²) in [6.45, 7) is 4.09. The molecule has 3 rings (SSSR count). The molecule has 0 aliphatic carbocycles. The lowest BCUT2D eigenvalue weighted by atomic mass is 9.89. The standard InChI is InChI=1S/C18H25N3O3/c1-3-14-4-6-15(7-5-14)17-19-16(24-20-17)12-21(2)18(13-22)8-10-23-11-9-18/h4-7,22H,3,8-13H2,1-2H3. The molecule has 1 aliphatic rings. The summed E-state index contributed by atoms with van der Waals surface area (Å²) in [7, 11) is 1.99. The van der Waals surface area contributed by atoms with Crippen molar-refractivity contribution >= 4 is 0 Å². The smallest absolute Gasteiger partial charge is 0.241 e. The fourth-order valence-corrected chi connectivity index (χ4v) is 3.11. The van der Waals surface area contributed by atoms with E-state index in [9.17, 15) is 5.11 Å². The summed E-state index contributed by atoms with van der Waals surface area (Å²) >= 11 is 0. The van der Waals surface area contributed by atoms with Crippen molar-refractivity contribution in [2.24, 2.45) is 0 Å². The van der Waals surface area contributed by atoms with Crippen LogP contribution >= 0.6 is 0 Å². The van der Waals surface area contributed by atoms with E-state index in [4.69, 9.17) is 9.26 Å². The van der Waals surface area contributed by atoms with Gasteiger partial charge >= 0.3 is 0 Å². The van der Waals surface area contributed by atoms with E-state index in [2.05, 4.69) is 34.1 Å². The molecule has 1 aromatic heterocycles. The summed E-state index contributed by atoms with van der Waals surface area (Å²) in [5, 5.41) is 13.9. The quantitative estimate of drug-likeness (QED) is 0.875. The number of benzene rings is 1. The van der Waals surface area contributed by atoms with Gasteiger partial charge in [0, 0.05) is 24.3 Å². The van der Waals surface area contributed by atoms with Crippen LogP contribution in [0.15, 0.2) is 28.8 Å². The van der Waals surface area contributed by atoms with Crippen molar-refractivity contribution in [2.75, 3.05) is 26.9 Å². The van der Waals surface area contributed by atoms with Crippen molar-refractivity contribution in [1.29, 1.82) is 0 Å². The number of hydrogen-bond acceptors (Lipinski definition) is 6. The van der Waals surface area contributed by atoms with Gasteiger partial charge in [-0.1, -0.05) is 36.3 Å². The molecule has 1 N–H and O–H groups in total. The second-order valence-corrected chi connectivity index (χ2v) is 6.41. The molecule has 0 bridgehead atoms. The minimum Gasteiger partial charge on any atom is -0.394 e. The van der Waals surface area contributed by atoms with Crippen molar-refractivity contribution in [1.82, 2.24) is 15.0 Å². The zero-order valence-corrected chi connectivity index (χ0v) is 14.4. The van der Waals surface area contributed by atoms with Crippen LogP contribution in [-0.4, -0.2) is 52.6 Å². The fraction of sp³-hybridized carbons (Fsp3) is 0.556. The third-order valence-electron chi connectivity index (χ3n) is 4.99. The lowest BCUT2D eigenvalue weighted by Crippen LogP contribution is -2.52. The number of ether oxygens (including phenoxy) is 1. The highest BCUT2D eigenvalue weighted by Crippen LogP contribution is 2.28. The first-order chi connectivity index (χ1) is 11.7. The van der Waals surface area contributed by atoms with Crippen LogP contribution in [0.3, 0.4) is 0 Å². The van der Waals surface area contributed by atoms with Gasteiger partial charge in [-0.25, -0.2) is 0 Å². The Balaban J connectivity index is 1.70. The molecule has 0 radical (unpaired) electrons. The minimum absolute atomic E-state index is 0.104. The Morgan fingerprint density at radius 3 is 2.54 bits per heavy atom. The van der Waals surface area contributed by atoms with Crippen LogP contribution in [0.25, 0.3) is 11.4 Å². The Bertz CT molecular complexity index is 648. The van der Waals surface area contributed by atoms with Crippen molar-refractivity contribution < 1.29 is 14.4 Å². The summed E-state index contributed by atoms with van der Waals surface area (Å²) in [5.74, 6) is 1.16. The number of aromatic nitrogens is 2. The van der Waals surface area contributed by atoms with E-state index < -0.39 is 0 Å². The molecule has 2 aromatic rings. The maximum atomic E-state index is 9.86. The van der Waals surface area contributed by atoms with Gasteiger partial charge < -0.3 is 14.4 Å². The zero-order valence-electron chi connectivity index (χ0n) is 14.4. The average Bonchev–Trinajstić information content (AvgIpc) is 3.10. The summed E-state index contributed by atoms with van der Waals surface area (Å²) in [6, 6.07) is 8.20. The number of aliphatic hydroxyl groups is 1. The molecule has 6 heteroatoms. The molecule has 0 atom stereocenters. The van der Waals surface area contributed by atoms with E-state index in [0.717, 1.165) is 24.8 Å². The van der Waals surface area contributed by atoms with Crippen molar-refractivity contribution in [2.45, 2.75) is 38.3 Å². The lowest BCUT2D eigenvalue weighted by molar-refractivity contribution is -0.0521. The summed E-state index contributed by atoms with van der Waals surface area (Å²) in [6.07, 6.45) is 2.62. The van der Waals surface area contributed by atoms with E-state index >= 15 is 0 Å². The van der Waals surface area contributed by atoms with E-state index in [1.54, 1.807) is 0 Å². The van der Waals surface area contributed by atoms with Gasteiger partial charge in [-0.15, -0.1) is 0 Å². The molecule has 1 fully saturated rings. The maximum absolute atomic E-state index is 9.86. The lowest BCUT2D eigenvalue weighted by Gasteiger charge is -2.42. The molecule has 1 saturated heterocycles. The molecule has 24 heavy (non-hydrogen) atoms. The van der Waals surface area contributed by atoms with Crippen molar-refractivity contribution in [3.63, 3.8) is 0 Å². The average molecular weight is 331 g/mol. The van der Waals surface area contributed by atoms with Gasteiger partial charge in [-0.2, -0.15) is 4.98 Å². The predicted octanol–water partition coefficient (Wildman–Crippen LogP) is 2.27. The first-order valence-electron chi connectivity index (χ1n) is 8.48. The molecule has 6 nitrogen and oxygen atoms in total. The topological polar surface area (TPSA) is 71.6 Å². The Morgan fingerprint density at radius 1 is 1.21 bits per heavy atom. The third kappa shape index (κ3) is 3.50. The highest BCUT2D eigenvalue weighted by molar-refractivity contribution is 5.54. The highest BCUT2D eigenvalue weighted by atomic mass is 16.5. The Hall–Kier alpha value is -1.76. The Kier molecular flexibility index (Phi) is 5.28. The van der Waals surface area contributed by atoms with Crippen LogP contribution < -0.4 is 0 Å². The second kappa shape index (κ2) is 7.42. The highest BCUT2D eigenvalue weighted by Gasteiger charge is 2.36. The Morgan fingerprint density at radius 2 is 1.92 bits per heavy atom. The normalized spacial score (nSPS) is 17.3. The van der Waals surface area contributed by atoms with Crippen molar-refractivity contribution in [3.8, 4) is 11.4 Å². The number of aliphatic hydroxyl groups excluding tert-OH is 1. The number of hydrogen-bond donors (Lipinski definition) is 1. The second-order valence-electron chi connectivity index (χ2n) is 6.41. The number of aryl methyl sites for hydroxylation is 1. The van der Waals surface area contributed by atoms with E-state index in [0.29, 0.717) is 31.5 Å². The van der Waals surface area contributed by atoms with E-state index in [1.165, 1.54) is 5.56 Å².